The minimum Gasteiger partial charge on any atom is -0.491 e. The molecular formula is C52H65N13O5. The summed E-state index contributed by atoms with van der Waals surface area (Å²) < 4.78 is 27.4. The zero-order chi connectivity index (χ0) is 48.2. The molecule has 1 saturated heterocycles. The van der Waals surface area contributed by atoms with Crippen LogP contribution in [0.3, 0.4) is 0 Å². The van der Waals surface area contributed by atoms with Crippen molar-refractivity contribution in [2.75, 3.05) is 117 Å². The number of rotatable bonds is 12. The highest BCUT2D eigenvalue weighted by atomic mass is 16.5. The Morgan fingerprint density at radius 3 is 1.64 bits per heavy atom. The molecule has 11 rings (SSSR count). The van der Waals surface area contributed by atoms with Crippen LogP contribution in [-0.2, 0) is 41.9 Å². The minimum absolute atomic E-state index is 0.524. The van der Waals surface area contributed by atoms with Crippen LogP contribution in [0.2, 0.25) is 0 Å². The second kappa shape index (κ2) is 23.1. The minimum atomic E-state index is 0.524. The predicted octanol–water partition coefficient (Wildman–Crippen LogP) is 7.46. The zero-order valence-corrected chi connectivity index (χ0v) is 41.0. The second-order valence-electron chi connectivity index (χ2n) is 17.3. The first-order valence-electron chi connectivity index (χ1n) is 24.5. The number of ether oxygens (including phenoxy) is 5. The summed E-state index contributed by atoms with van der Waals surface area (Å²) in [6, 6.07) is 16.3. The highest BCUT2D eigenvalue weighted by Gasteiger charge is 2.26. The summed E-state index contributed by atoms with van der Waals surface area (Å²) in [5.41, 5.74) is 14.2. The molecule has 4 N–H and O–H groups in total. The molecule has 70 heavy (non-hydrogen) atoms. The van der Waals surface area contributed by atoms with E-state index >= 15 is 0 Å². The lowest BCUT2D eigenvalue weighted by Gasteiger charge is -2.32. The Hall–Kier alpha value is -7.02. The molecule has 0 aliphatic carbocycles. The second-order valence-corrected chi connectivity index (χ2v) is 17.3. The van der Waals surface area contributed by atoms with E-state index in [2.05, 4.69) is 94.0 Å². The van der Waals surface area contributed by atoms with Crippen molar-refractivity contribution in [2.45, 2.75) is 60.2 Å². The van der Waals surface area contributed by atoms with Crippen molar-refractivity contribution >= 4 is 46.0 Å². The molecule has 0 bridgehead atoms. The van der Waals surface area contributed by atoms with Gasteiger partial charge < -0.3 is 54.8 Å². The summed E-state index contributed by atoms with van der Waals surface area (Å²) in [6.45, 7) is 20.0. The number of hydrogen-bond donors (Lipinski definition) is 4. The monoisotopic (exact) mass is 952 g/mol. The molecule has 6 aromatic rings. The van der Waals surface area contributed by atoms with Gasteiger partial charge in [0.25, 0.3) is 0 Å². The fourth-order valence-corrected chi connectivity index (χ4v) is 9.04. The van der Waals surface area contributed by atoms with Gasteiger partial charge in [0.15, 0.2) is 0 Å². The van der Waals surface area contributed by atoms with E-state index < -0.39 is 0 Å². The zero-order valence-electron chi connectivity index (χ0n) is 41.0. The van der Waals surface area contributed by atoms with E-state index in [1.54, 1.807) is 7.11 Å². The maximum atomic E-state index is 5.69. The Morgan fingerprint density at radius 1 is 0.614 bits per heavy atom. The summed E-state index contributed by atoms with van der Waals surface area (Å²) in [5, 5.41) is 13.5. The molecule has 4 aromatic heterocycles. The Kier molecular flexibility index (Phi) is 15.8. The van der Waals surface area contributed by atoms with Gasteiger partial charge in [-0.2, -0.15) is 0 Å². The van der Waals surface area contributed by atoms with Crippen molar-refractivity contribution < 1.29 is 23.7 Å². The predicted molar refractivity (Wildman–Crippen MR) is 274 cm³/mol. The number of benzene rings is 2. The van der Waals surface area contributed by atoms with E-state index in [-0.39, 0.29) is 0 Å². The van der Waals surface area contributed by atoms with Gasteiger partial charge in [-0.05, 0) is 79.8 Å². The first-order valence-corrected chi connectivity index (χ1v) is 24.5. The summed E-state index contributed by atoms with van der Waals surface area (Å²) >= 11 is 0. The highest BCUT2D eigenvalue weighted by molar-refractivity contribution is 5.72. The first kappa shape index (κ1) is 48.0. The number of morpholine rings is 1. The summed E-state index contributed by atoms with van der Waals surface area (Å²) in [4.78, 5) is 34.9. The lowest BCUT2D eigenvalue weighted by molar-refractivity contribution is 0.0342. The van der Waals surface area contributed by atoms with Crippen molar-refractivity contribution in [3.8, 4) is 17.5 Å². The average molecular weight is 952 g/mol. The van der Waals surface area contributed by atoms with E-state index in [1.165, 1.54) is 22.3 Å². The third-order valence-corrected chi connectivity index (χ3v) is 12.8. The van der Waals surface area contributed by atoms with Crippen molar-refractivity contribution in [3.05, 3.63) is 113 Å². The largest absolute Gasteiger partial charge is 0.491 e. The molecule has 0 atom stereocenters. The number of nitrogens with zero attached hydrogens (tertiary/aromatic N) is 9. The number of pyridine rings is 2. The molecule has 0 unspecified atom stereocenters. The summed E-state index contributed by atoms with van der Waals surface area (Å²) in [7, 11) is 1.66. The van der Waals surface area contributed by atoms with E-state index in [0.29, 0.717) is 56.6 Å². The molecule has 9 heterocycles. The number of fused-ring (bicyclic) bond motifs is 4. The highest BCUT2D eigenvalue weighted by Crippen LogP contribution is 2.38. The molecular weight excluding hydrogens is 887 g/mol. The molecule has 5 aliphatic rings. The van der Waals surface area contributed by atoms with Gasteiger partial charge in [0.1, 0.15) is 36.9 Å². The van der Waals surface area contributed by atoms with Crippen LogP contribution in [0.5, 0.6) is 17.5 Å². The van der Waals surface area contributed by atoms with E-state index in [0.717, 1.165) is 135 Å². The summed E-state index contributed by atoms with van der Waals surface area (Å²) in [5.74, 6) is 3.39. The van der Waals surface area contributed by atoms with Crippen LogP contribution in [-0.4, -0.2) is 121 Å². The van der Waals surface area contributed by atoms with Crippen LogP contribution in [0.15, 0.2) is 73.3 Å². The normalized spacial score (nSPS) is 15.8. The van der Waals surface area contributed by atoms with Crippen LogP contribution in [0.1, 0.15) is 53.1 Å². The maximum absolute atomic E-state index is 5.69. The number of nitrogens with one attached hydrogen (secondary N) is 4. The molecule has 0 amide bonds. The van der Waals surface area contributed by atoms with Gasteiger partial charge in [-0.1, -0.05) is 26.0 Å². The quantitative estimate of drug-likeness (QED) is 0.0887. The molecule has 0 saturated carbocycles. The lowest BCUT2D eigenvalue weighted by Crippen LogP contribution is -2.35. The number of anilines is 8. The number of aromatic nitrogens is 6. The first-order chi connectivity index (χ1) is 34.4. The number of hydrogen-bond acceptors (Lipinski definition) is 18. The molecule has 18 heteroatoms. The third-order valence-electron chi connectivity index (χ3n) is 12.8. The molecule has 2 aromatic carbocycles. The van der Waals surface area contributed by atoms with Gasteiger partial charge in [0.05, 0.1) is 68.1 Å². The molecule has 1 fully saturated rings. The van der Waals surface area contributed by atoms with Crippen molar-refractivity contribution in [3.63, 3.8) is 0 Å². The van der Waals surface area contributed by atoms with Crippen molar-refractivity contribution in [2.24, 2.45) is 0 Å². The van der Waals surface area contributed by atoms with E-state index in [1.807, 2.05) is 62.9 Å². The summed E-state index contributed by atoms with van der Waals surface area (Å²) in [6.07, 6.45) is 9.52. The van der Waals surface area contributed by atoms with E-state index in [9.17, 15) is 0 Å². The lowest BCUT2D eigenvalue weighted by atomic mass is 10.0. The molecule has 5 aliphatic heterocycles. The standard InChI is InChI=1S/C26H31N7O2.C24H28N6O3.C2H6/c1-18-23(15-28-25-24(18)27-7-11-35-25)33-8-6-20-14-29-26(31-22(20)17-33)30-21-4-2-19(3-5-21)16-32-9-12-34-13-10-32;1-16-21(14-26-23-22(16)25-8-10-33-23)30-9-7-17-13-27-24(29-20(17)15-30)28-18-3-5-19(6-4-18)32-12-11-31-2;1-2/h2-5,14-15,27H,6-13,16-17H2,1H3,(H,29,30,31);3-6,13-14,25H,7-12,15H2,1-2H3,(H,27,28,29);1-2H3. The smallest absolute Gasteiger partial charge is 0.237 e. The molecule has 0 radical (unpaired) electrons. The van der Waals surface area contributed by atoms with Crippen LogP contribution in [0.25, 0.3) is 0 Å². The van der Waals surface area contributed by atoms with Gasteiger partial charge in [0, 0.05) is 87.8 Å². The van der Waals surface area contributed by atoms with Gasteiger partial charge >= 0.3 is 0 Å². The fourth-order valence-electron chi connectivity index (χ4n) is 9.04. The molecule has 0 spiro atoms. The van der Waals surface area contributed by atoms with Crippen LogP contribution >= 0.6 is 0 Å². The molecule has 18 nitrogen and oxygen atoms in total. The Bertz CT molecular complexity index is 2680. The third kappa shape index (κ3) is 11.5. The Balaban J connectivity index is 0.000000168. The van der Waals surface area contributed by atoms with E-state index in [4.69, 9.17) is 33.7 Å². The fraction of sp³-hybridized carbons (Fsp3) is 0.423. The Labute approximate surface area is 410 Å². The van der Waals surface area contributed by atoms with Crippen molar-refractivity contribution in [1.29, 1.82) is 0 Å². The Morgan fingerprint density at radius 2 is 1.13 bits per heavy atom. The van der Waals surface area contributed by atoms with Gasteiger partial charge in [-0.15, -0.1) is 0 Å². The SMILES string of the molecule is CC.COCCOc1ccc(Nc2ncc3c(n2)CN(c2cnc4c(c2C)NCCO4)CC3)cc1.Cc1c(N2CCc3cnc(Nc4ccc(CN5CCOCC5)cc4)nc3C2)cnc2c1NCCO2. The van der Waals surface area contributed by atoms with Crippen LogP contribution < -0.4 is 45.3 Å². The number of methoxy groups -OCH3 is 1. The van der Waals surface area contributed by atoms with Gasteiger partial charge in [0.2, 0.25) is 23.7 Å². The maximum Gasteiger partial charge on any atom is 0.237 e. The van der Waals surface area contributed by atoms with Crippen molar-refractivity contribution in [1.82, 2.24) is 34.8 Å². The van der Waals surface area contributed by atoms with Gasteiger partial charge in [-0.25, -0.2) is 29.9 Å². The van der Waals surface area contributed by atoms with Crippen LogP contribution in [0, 0.1) is 13.8 Å². The van der Waals surface area contributed by atoms with Crippen LogP contribution in [0.4, 0.5) is 46.0 Å². The average Bonchev–Trinajstić information content (AvgIpc) is 3.41. The van der Waals surface area contributed by atoms with Gasteiger partial charge in [-0.3, -0.25) is 4.90 Å². The topological polar surface area (TPSA) is 181 Å². The molecule has 368 valence electrons.